The number of pyridine rings is 1. The molecule has 1 N–H and O–H groups in total. The van der Waals surface area contributed by atoms with Gasteiger partial charge in [-0.05, 0) is 24.5 Å². The third kappa shape index (κ3) is 6.15. The monoisotopic (exact) mass is 571 g/mol. The van der Waals surface area contributed by atoms with Crippen molar-refractivity contribution in [3.05, 3.63) is 93.7 Å². The highest BCUT2D eigenvalue weighted by molar-refractivity contribution is 5.89. The van der Waals surface area contributed by atoms with Crippen LogP contribution in [0.4, 0.5) is 17.6 Å². The Hall–Kier alpha value is -4.09. The first-order valence-corrected chi connectivity index (χ1v) is 13.4. The fourth-order valence-electron chi connectivity index (χ4n) is 5.41. The van der Waals surface area contributed by atoms with Crippen LogP contribution in [-0.2, 0) is 22.6 Å². The van der Waals surface area contributed by atoms with Crippen LogP contribution in [0.25, 0.3) is 0 Å². The van der Waals surface area contributed by atoms with Crippen LogP contribution in [0.15, 0.2) is 59.7 Å². The van der Waals surface area contributed by atoms with Gasteiger partial charge in [-0.2, -0.15) is 4.39 Å². The summed E-state index contributed by atoms with van der Waals surface area (Å²) >= 11 is 0. The number of halogens is 4. The number of nitrogens with one attached hydrogen (secondary N) is 1. The van der Waals surface area contributed by atoms with Crippen molar-refractivity contribution in [1.29, 1.82) is 0 Å². The molecular formula is C29H29F4N5O3. The molecule has 3 aromatic rings. The summed E-state index contributed by atoms with van der Waals surface area (Å²) in [6.07, 6.45) is -0.221. The summed E-state index contributed by atoms with van der Waals surface area (Å²) in [7, 11) is 0. The second-order valence-electron chi connectivity index (χ2n) is 10.5. The van der Waals surface area contributed by atoms with Crippen LogP contribution >= 0.6 is 0 Å². The minimum atomic E-state index is -2.82. The van der Waals surface area contributed by atoms with Gasteiger partial charge in [0.2, 0.25) is 23.7 Å². The summed E-state index contributed by atoms with van der Waals surface area (Å²) in [5, 5.41) is 2.79. The van der Waals surface area contributed by atoms with Crippen molar-refractivity contribution in [2.45, 2.75) is 69.2 Å². The van der Waals surface area contributed by atoms with E-state index in [0.717, 1.165) is 11.1 Å². The number of alkyl halides is 3. The molecule has 216 valence electrons. The van der Waals surface area contributed by atoms with E-state index >= 15 is 0 Å². The molecule has 2 aromatic heterocycles. The molecule has 5 rings (SSSR count). The molecule has 41 heavy (non-hydrogen) atoms. The van der Waals surface area contributed by atoms with Crippen LogP contribution in [0.3, 0.4) is 0 Å². The maximum absolute atomic E-state index is 15.0. The molecule has 3 atom stereocenters. The van der Waals surface area contributed by atoms with Gasteiger partial charge in [0.1, 0.15) is 12.2 Å². The predicted molar refractivity (Wildman–Crippen MR) is 140 cm³/mol. The summed E-state index contributed by atoms with van der Waals surface area (Å²) in [5.41, 5.74) is 0.782. The summed E-state index contributed by atoms with van der Waals surface area (Å²) in [6.45, 7) is 1.87. The van der Waals surface area contributed by atoms with Gasteiger partial charge in [0.15, 0.2) is 0 Å². The average molecular weight is 572 g/mol. The Kier molecular flexibility index (Phi) is 7.92. The second kappa shape index (κ2) is 11.4. The highest BCUT2D eigenvalue weighted by Gasteiger charge is 2.47. The number of nitrogens with zero attached hydrogens (tertiary/aromatic N) is 4. The molecule has 1 aromatic carbocycles. The van der Waals surface area contributed by atoms with E-state index in [-0.39, 0.29) is 36.2 Å². The first kappa shape index (κ1) is 28.4. The number of aromatic nitrogens is 3. The van der Waals surface area contributed by atoms with E-state index < -0.39 is 60.7 Å². The van der Waals surface area contributed by atoms with Crippen molar-refractivity contribution in [3.8, 4) is 0 Å². The number of carbonyl (C=O) groups is 2. The first-order chi connectivity index (χ1) is 19.5. The Bertz CT molecular complexity index is 1490. The molecule has 3 heterocycles. The SMILES string of the molecule is CCn1cc(CC(=O)N2CC(F)CC2C(=O)NC(c2ccccc2)c2ccc(C3CC(F)(F)C3)c(F)n2)ncc1=O. The largest absolute Gasteiger partial charge is 0.342 e. The zero-order chi connectivity index (χ0) is 29.3. The van der Waals surface area contributed by atoms with E-state index in [0.29, 0.717) is 17.8 Å². The number of hydrogen-bond donors (Lipinski definition) is 1. The van der Waals surface area contributed by atoms with Crippen LogP contribution in [0.2, 0.25) is 0 Å². The zero-order valence-electron chi connectivity index (χ0n) is 22.3. The number of aryl methyl sites for hydroxylation is 1. The van der Waals surface area contributed by atoms with E-state index in [1.807, 2.05) is 0 Å². The molecule has 2 amide bonds. The van der Waals surface area contributed by atoms with Crippen molar-refractivity contribution >= 4 is 11.8 Å². The number of amides is 2. The fraction of sp³-hybridized carbons (Fsp3) is 0.414. The van der Waals surface area contributed by atoms with Crippen molar-refractivity contribution in [1.82, 2.24) is 24.8 Å². The Morgan fingerprint density at radius 1 is 1.15 bits per heavy atom. The molecule has 12 heteroatoms. The van der Waals surface area contributed by atoms with Gasteiger partial charge in [-0.15, -0.1) is 0 Å². The van der Waals surface area contributed by atoms with Gasteiger partial charge in [0.25, 0.3) is 5.56 Å². The van der Waals surface area contributed by atoms with Crippen LogP contribution in [0.1, 0.15) is 60.7 Å². The number of hydrogen-bond acceptors (Lipinski definition) is 5. The van der Waals surface area contributed by atoms with Crippen LogP contribution in [0, 0.1) is 5.95 Å². The number of benzene rings is 1. The normalized spacial score (nSPS) is 20.9. The van der Waals surface area contributed by atoms with Gasteiger partial charge >= 0.3 is 0 Å². The van der Waals surface area contributed by atoms with E-state index in [1.165, 1.54) is 22.9 Å². The van der Waals surface area contributed by atoms with Gasteiger partial charge in [-0.1, -0.05) is 36.4 Å². The summed E-state index contributed by atoms with van der Waals surface area (Å²) in [5.74, 6) is -5.52. The molecule has 3 unspecified atom stereocenters. The van der Waals surface area contributed by atoms with Gasteiger partial charge in [-0.3, -0.25) is 19.4 Å². The predicted octanol–water partition coefficient (Wildman–Crippen LogP) is 3.70. The maximum atomic E-state index is 15.0. The van der Waals surface area contributed by atoms with Crippen LogP contribution in [0.5, 0.6) is 0 Å². The minimum Gasteiger partial charge on any atom is -0.342 e. The van der Waals surface area contributed by atoms with Crippen LogP contribution < -0.4 is 10.9 Å². The molecule has 1 saturated carbocycles. The second-order valence-corrected chi connectivity index (χ2v) is 10.5. The first-order valence-electron chi connectivity index (χ1n) is 13.4. The van der Waals surface area contributed by atoms with E-state index in [2.05, 4.69) is 15.3 Å². The van der Waals surface area contributed by atoms with Gasteiger partial charge in [0, 0.05) is 37.6 Å². The van der Waals surface area contributed by atoms with Gasteiger partial charge in [-0.25, -0.2) is 18.2 Å². The van der Waals surface area contributed by atoms with E-state index in [1.54, 1.807) is 37.3 Å². The zero-order valence-corrected chi connectivity index (χ0v) is 22.3. The molecule has 8 nitrogen and oxygen atoms in total. The Labute approximate surface area is 233 Å². The number of carbonyl (C=O) groups excluding carboxylic acids is 2. The molecule has 1 aliphatic carbocycles. The lowest BCUT2D eigenvalue weighted by molar-refractivity contribution is -0.138. The molecule has 1 saturated heterocycles. The highest BCUT2D eigenvalue weighted by Crippen LogP contribution is 2.48. The Balaban J connectivity index is 1.36. The third-order valence-electron chi connectivity index (χ3n) is 7.62. The van der Waals surface area contributed by atoms with E-state index in [9.17, 15) is 31.9 Å². The smallest absolute Gasteiger partial charge is 0.268 e. The standard InChI is InChI=1S/C29H29F4N5O3/c1-2-37-16-20(34-14-25(37)40)11-24(39)38-15-19(30)10-23(38)28(41)36-26(17-6-4-3-5-7-17)22-9-8-21(27(31)35-22)18-12-29(32,33)13-18/h3-9,14,16,18-19,23,26H,2,10-13,15H2,1H3,(H,36,41). The van der Waals surface area contributed by atoms with Gasteiger partial charge < -0.3 is 14.8 Å². The Morgan fingerprint density at radius 2 is 1.88 bits per heavy atom. The lowest BCUT2D eigenvalue weighted by atomic mass is 9.77. The number of rotatable bonds is 8. The molecule has 2 aliphatic rings. The maximum Gasteiger partial charge on any atom is 0.268 e. The van der Waals surface area contributed by atoms with Gasteiger partial charge in [0.05, 0.1) is 36.6 Å². The third-order valence-corrected chi connectivity index (χ3v) is 7.62. The quantitative estimate of drug-likeness (QED) is 0.329. The summed E-state index contributed by atoms with van der Waals surface area (Å²) < 4.78 is 57.6. The van der Waals surface area contributed by atoms with Crippen LogP contribution in [-0.4, -0.2) is 55.9 Å². The highest BCUT2D eigenvalue weighted by atomic mass is 19.3. The average Bonchev–Trinajstić information content (AvgIpc) is 3.33. The summed E-state index contributed by atoms with van der Waals surface area (Å²) in [6, 6.07) is 9.42. The van der Waals surface area contributed by atoms with Crippen molar-refractivity contribution in [2.24, 2.45) is 0 Å². The minimum absolute atomic E-state index is 0.0914. The fourth-order valence-corrected chi connectivity index (χ4v) is 5.41. The van der Waals surface area contributed by atoms with Crippen molar-refractivity contribution in [2.75, 3.05) is 6.54 Å². The molecular weight excluding hydrogens is 542 g/mol. The van der Waals surface area contributed by atoms with Crippen molar-refractivity contribution in [3.63, 3.8) is 0 Å². The Morgan fingerprint density at radius 3 is 2.54 bits per heavy atom. The van der Waals surface area contributed by atoms with Crippen molar-refractivity contribution < 1.29 is 27.2 Å². The topological polar surface area (TPSA) is 97.2 Å². The molecule has 0 bridgehead atoms. The molecule has 0 radical (unpaired) electrons. The lowest BCUT2D eigenvalue weighted by Gasteiger charge is -2.35. The van der Waals surface area contributed by atoms with E-state index in [4.69, 9.17) is 0 Å². The molecule has 0 spiro atoms. The molecule has 2 fully saturated rings. The molecule has 1 aliphatic heterocycles. The number of likely N-dealkylation sites (tertiary alicyclic amines) is 1. The lowest BCUT2D eigenvalue weighted by Crippen LogP contribution is -2.47. The summed E-state index contributed by atoms with van der Waals surface area (Å²) in [4.78, 5) is 47.6.